The Labute approximate surface area is 116 Å². The molecule has 0 bridgehead atoms. The van der Waals surface area contributed by atoms with Crippen molar-refractivity contribution in [3.05, 3.63) is 36.0 Å². The average Bonchev–Trinajstić information content (AvgIpc) is 2.45. The van der Waals surface area contributed by atoms with E-state index < -0.39 is 0 Å². The molecule has 6 heteroatoms. The molecule has 2 aromatic rings. The number of carbonyl (C=O) groups excluding carboxylic acids is 1. The molecule has 0 radical (unpaired) electrons. The Morgan fingerprint density at radius 2 is 2.30 bits per heavy atom. The molecule has 0 amide bonds. The number of hydrogen-bond donors (Lipinski definition) is 2. The van der Waals surface area contributed by atoms with Crippen LogP contribution in [-0.4, -0.2) is 35.4 Å². The maximum absolute atomic E-state index is 11.1. The third kappa shape index (κ3) is 3.44. The van der Waals surface area contributed by atoms with E-state index in [1.165, 1.54) is 6.21 Å². The Bertz CT molecular complexity index is 641. The molecule has 1 aromatic heterocycles. The van der Waals surface area contributed by atoms with Crippen molar-refractivity contribution in [3.8, 4) is 5.75 Å². The quantitative estimate of drug-likeness (QED) is 0.489. The summed E-state index contributed by atoms with van der Waals surface area (Å²) >= 11 is 0. The number of hydrazone groups is 1. The van der Waals surface area contributed by atoms with Gasteiger partial charge in [-0.05, 0) is 19.1 Å². The third-order valence-electron chi connectivity index (χ3n) is 2.54. The average molecular weight is 273 g/mol. The van der Waals surface area contributed by atoms with Crippen LogP contribution in [0.25, 0.3) is 10.9 Å². The van der Waals surface area contributed by atoms with Gasteiger partial charge in [0.2, 0.25) is 0 Å². The van der Waals surface area contributed by atoms with Crippen LogP contribution in [0.3, 0.4) is 0 Å². The first-order valence-electron chi connectivity index (χ1n) is 6.21. The zero-order valence-electron chi connectivity index (χ0n) is 11.0. The fraction of sp³-hybridized carbons (Fsp3) is 0.214. The summed E-state index contributed by atoms with van der Waals surface area (Å²) in [5.74, 6) is -0.244. The number of phenolic OH excluding ortho intramolecular Hbond substituents is 1. The van der Waals surface area contributed by atoms with Crippen LogP contribution in [0.4, 0.5) is 0 Å². The molecule has 0 unspecified atom stereocenters. The third-order valence-corrected chi connectivity index (χ3v) is 2.54. The summed E-state index contributed by atoms with van der Waals surface area (Å²) in [4.78, 5) is 15.3. The minimum absolute atomic E-state index is 0.00315. The molecule has 0 aliphatic heterocycles. The summed E-state index contributed by atoms with van der Waals surface area (Å²) in [5, 5.41) is 14.4. The first kappa shape index (κ1) is 13.8. The number of pyridine rings is 1. The zero-order valence-corrected chi connectivity index (χ0v) is 11.0. The van der Waals surface area contributed by atoms with Crippen LogP contribution in [0.15, 0.2) is 35.4 Å². The molecule has 1 heterocycles. The molecule has 2 rings (SSSR count). The second-order valence-electron chi connectivity index (χ2n) is 3.98. The molecule has 6 nitrogen and oxygen atoms in total. The number of hydrogen-bond acceptors (Lipinski definition) is 6. The molecule has 0 atom stereocenters. The highest BCUT2D eigenvalue weighted by Gasteiger charge is 2.01. The molecule has 0 saturated heterocycles. The fourth-order valence-corrected chi connectivity index (χ4v) is 1.65. The van der Waals surface area contributed by atoms with Crippen LogP contribution in [0.2, 0.25) is 0 Å². The highest BCUT2D eigenvalue weighted by molar-refractivity contribution is 5.88. The number of phenols is 1. The van der Waals surface area contributed by atoms with E-state index in [1.807, 2.05) is 12.1 Å². The van der Waals surface area contributed by atoms with Crippen LogP contribution >= 0.6 is 0 Å². The van der Waals surface area contributed by atoms with E-state index in [1.54, 1.807) is 25.1 Å². The van der Waals surface area contributed by atoms with Gasteiger partial charge >= 0.3 is 5.97 Å². The summed E-state index contributed by atoms with van der Waals surface area (Å²) in [7, 11) is 0. The van der Waals surface area contributed by atoms with Crippen molar-refractivity contribution in [2.24, 2.45) is 5.10 Å². The predicted octanol–water partition coefficient (Wildman–Crippen LogP) is 1.43. The van der Waals surface area contributed by atoms with E-state index in [9.17, 15) is 9.90 Å². The van der Waals surface area contributed by atoms with Crippen LogP contribution in [-0.2, 0) is 9.53 Å². The number of benzene rings is 1. The lowest BCUT2D eigenvalue weighted by Gasteiger charge is -2.02. The predicted molar refractivity (Wildman–Crippen MR) is 75.6 cm³/mol. The van der Waals surface area contributed by atoms with Crippen molar-refractivity contribution in [1.82, 2.24) is 10.4 Å². The molecule has 0 aliphatic rings. The summed E-state index contributed by atoms with van der Waals surface area (Å²) in [5.41, 5.74) is 3.67. The molecule has 2 N–H and O–H groups in total. The fourth-order valence-electron chi connectivity index (χ4n) is 1.65. The Morgan fingerprint density at radius 3 is 3.10 bits per heavy atom. The highest BCUT2D eigenvalue weighted by atomic mass is 16.5. The van der Waals surface area contributed by atoms with Gasteiger partial charge in [-0.15, -0.1) is 0 Å². The van der Waals surface area contributed by atoms with E-state index >= 15 is 0 Å². The number of ether oxygens (including phenoxy) is 1. The van der Waals surface area contributed by atoms with Crippen molar-refractivity contribution < 1.29 is 14.6 Å². The molecular weight excluding hydrogens is 258 g/mol. The number of rotatable bonds is 5. The normalized spacial score (nSPS) is 10.8. The minimum atomic E-state index is -0.367. The van der Waals surface area contributed by atoms with Crippen molar-refractivity contribution in [2.45, 2.75) is 6.92 Å². The second-order valence-corrected chi connectivity index (χ2v) is 3.98. The van der Waals surface area contributed by atoms with Crippen molar-refractivity contribution in [3.63, 3.8) is 0 Å². The maximum atomic E-state index is 11.1. The van der Waals surface area contributed by atoms with E-state index in [-0.39, 0.29) is 18.3 Å². The van der Waals surface area contributed by atoms with Gasteiger partial charge in [0.25, 0.3) is 0 Å². The molecule has 0 saturated carbocycles. The molecule has 104 valence electrons. The van der Waals surface area contributed by atoms with Gasteiger partial charge < -0.3 is 9.84 Å². The number of nitrogens with one attached hydrogen (secondary N) is 1. The lowest BCUT2D eigenvalue weighted by molar-refractivity contribution is -0.141. The van der Waals surface area contributed by atoms with Gasteiger partial charge in [-0.2, -0.15) is 5.10 Å². The lowest BCUT2D eigenvalue weighted by Crippen LogP contribution is -2.20. The Kier molecular flexibility index (Phi) is 4.49. The van der Waals surface area contributed by atoms with Crippen LogP contribution in [0.1, 0.15) is 12.6 Å². The first-order valence-corrected chi connectivity index (χ1v) is 6.21. The first-order chi connectivity index (χ1) is 9.70. The Balaban J connectivity index is 2.03. The van der Waals surface area contributed by atoms with Crippen LogP contribution < -0.4 is 5.43 Å². The topological polar surface area (TPSA) is 83.8 Å². The Hall–Kier alpha value is -2.63. The Morgan fingerprint density at radius 1 is 1.45 bits per heavy atom. The molecule has 0 spiro atoms. The summed E-state index contributed by atoms with van der Waals surface area (Å²) < 4.78 is 4.74. The monoisotopic (exact) mass is 273 g/mol. The van der Waals surface area contributed by atoms with Crippen molar-refractivity contribution >= 4 is 23.1 Å². The van der Waals surface area contributed by atoms with E-state index in [2.05, 4.69) is 15.5 Å². The molecule has 0 aliphatic carbocycles. The zero-order chi connectivity index (χ0) is 14.4. The van der Waals surface area contributed by atoms with Crippen LogP contribution in [0.5, 0.6) is 5.75 Å². The van der Waals surface area contributed by atoms with Gasteiger partial charge in [-0.25, -0.2) is 4.98 Å². The molecule has 20 heavy (non-hydrogen) atoms. The summed E-state index contributed by atoms with van der Waals surface area (Å²) in [6.07, 6.45) is 1.48. The molecular formula is C14H15N3O3. The van der Waals surface area contributed by atoms with Gasteiger partial charge in [0.05, 0.1) is 18.5 Å². The van der Waals surface area contributed by atoms with E-state index in [0.717, 1.165) is 5.39 Å². The number of fused-ring (bicyclic) bond motifs is 1. The largest absolute Gasteiger partial charge is 0.506 e. The SMILES string of the molecule is CCOC(=O)CN/N=C/c1ccc2cccc(O)c2n1. The highest BCUT2D eigenvalue weighted by Crippen LogP contribution is 2.21. The number of para-hydroxylation sites is 1. The number of nitrogens with zero attached hydrogens (tertiary/aromatic N) is 2. The van der Waals surface area contributed by atoms with Gasteiger partial charge in [0, 0.05) is 5.39 Å². The smallest absolute Gasteiger partial charge is 0.327 e. The summed E-state index contributed by atoms with van der Waals surface area (Å²) in [6.45, 7) is 2.09. The summed E-state index contributed by atoms with van der Waals surface area (Å²) in [6, 6.07) is 8.82. The number of carbonyl (C=O) groups is 1. The number of aromatic nitrogens is 1. The second kappa shape index (κ2) is 6.51. The molecule has 1 aromatic carbocycles. The van der Waals surface area contributed by atoms with Crippen LogP contribution in [0, 0.1) is 0 Å². The van der Waals surface area contributed by atoms with E-state index in [4.69, 9.17) is 4.74 Å². The van der Waals surface area contributed by atoms with Crippen molar-refractivity contribution in [1.29, 1.82) is 0 Å². The minimum Gasteiger partial charge on any atom is -0.506 e. The number of esters is 1. The van der Waals surface area contributed by atoms with Gasteiger partial charge in [-0.3, -0.25) is 10.2 Å². The standard InChI is InChI=1S/C14H15N3O3/c1-2-20-13(19)9-16-15-8-11-7-6-10-4-3-5-12(18)14(10)17-11/h3-8,16,18H,2,9H2,1H3/b15-8+. The molecule has 0 fully saturated rings. The van der Waals surface area contributed by atoms with Gasteiger partial charge in [0.1, 0.15) is 17.8 Å². The van der Waals surface area contributed by atoms with E-state index in [0.29, 0.717) is 17.8 Å². The lowest BCUT2D eigenvalue weighted by atomic mass is 10.2. The van der Waals surface area contributed by atoms with Gasteiger partial charge in [-0.1, -0.05) is 18.2 Å². The van der Waals surface area contributed by atoms with Crippen molar-refractivity contribution in [2.75, 3.05) is 13.2 Å². The van der Waals surface area contributed by atoms with Gasteiger partial charge in [0.15, 0.2) is 0 Å². The number of aromatic hydroxyl groups is 1. The maximum Gasteiger partial charge on any atom is 0.327 e.